The highest BCUT2D eigenvalue weighted by Crippen LogP contribution is 2.61. The van der Waals surface area contributed by atoms with Crippen molar-refractivity contribution in [2.45, 2.75) is 5.85 Å². The van der Waals surface area contributed by atoms with Crippen molar-refractivity contribution in [3.05, 3.63) is 28.8 Å². The van der Waals surface area contributed by atoms with Gasteiger partial charge >= 0.3 is 7.60 Å². The van der Waals surface area contributed by atoms with Crippen LogP contribution in [-0.4, -0.2) is 26.4 Å². The van der Waals surface area contributed by atoms with Crippen LogP contribution in [0, 0.1) is 0 Å². The molecule has 0 aliphatic heterocycles. The van der Waals surface area contributed by atoms with Crippen LogP contribution in [0.3, 0.4) is 0 Å². The molecule has 17 heavy (non-hydrogen) atoms. The summed E-state index contributed by atoms with van der Waals surface area (Å²) in [5.41, 5.74) is 0.348. The third-order valence-electron chi connectivity index (χ3n) is 2.29. The molecule has 0 fully saturated rings. The molecule has 0 heterocycles. The maximum absolute atomic E-state index is 12.2. The lowest BCUT2D eigenvalue weighted by Crippen LogP contribution is -2.06. The van der Waals surface area contributed by atoms with Crippen LogP contribution >= 0.6 is 19.2 Å². The second kappa shape index (κ2) is 5.85. The van der Waals surface area contributed by atoms with Crippen molar-refractivity contribution in [3.63, 3.8) is 0 Å². The van der Waals surface area contributed by atoms with E-state index in [1.54, 1.807) is 12.1 Å². The van der Waals surface area contributed by atoms with Gasteiger partial charge in [-0.25, -0.2) is 0 Å². The van der Waals surface area contributed by atoms with E-state index in [-0.39, 0.29) is 10.8 Å². The normalized spacial score (nSPS) is 13.6. The lowest BCUT2D eigenvalue weighted by molar-refractivity contribution is 0.123. The molecular formula is C10H14ClO5P. The van der Waals surface area contributed by atoms with E-state index in [0.29, 0.717) is 5.56 Å². The molecule has 0 saturated heterocycles. The Morgan fingerprint density at radius 3 is 2.35 bits per heavy atom. The third kappa shape index (κ3) is 2.81. The Balaban J connectivity index is 3.27. The van der Waals surface area contributed by atoms with Crippen molar-refractivity contribution in [2.24, 2.45) is 0 Å². The highest BCUT2D eigenvalue weighted by molar-refractivity contribution is 7.54. The van der Waals surface area contributed by atoms with E-state index in [1.165, 1.54) is 27.4 Å². The van der Waals surface area contributed by atoms with Crippen molar-refractivity contribution >= 4 is 19.2 Å². The van der Waals surface area contributed by atoms with E-state index in [0.717, 1.165) is 0 Å². The first-order chi connectivity index (χ1) is 8.00. The van der Waals surface area contributed by atoms with Crippen LogP contribution in [0.5, 0.6) is 5.75 Å². The minimum atomic E-state index is -3.48. The van der Waals surface area contributed by atoms with Gasteiger partial charge < -0.3 is 18.9 Å². The van der Waals surface area contributed by atoms with E-state index in [4.69, 9.17) is 25.4 Å². The van der Waals surface area contributed by atoms with Gasteiger partial charge in [0, 0.05) is 26.9 Å². The van der Waals surface area contributed by atoms with E-state index in [9.17, 15) is 9.67 Å². The van der Waals surface area contributed by atoms with E-state index < -0.39 is 13.4 Å². The molecular weight excluding hydrogens is 267 g/mol. The number of halogens is 1. The van der Waals surface area contributed by atoms with Crippen LogP contribution in [0.25, 0.3) is 0 Å². The van der Waals surface area contributed by atoms with E-state index >= 15 is 0 Å². The summed E-state index contributed by atoms with van der Waals surface area (Å²) in [6.45, 7) is 0. The average Bonchev–Trinajstić information content (AvgIpc) is 2.35. The van der Waals surface area contributed by atoms with Crippen molar-refractivity contribution in [1.29, 1.82) is 0 Å². The maximum atomic E-state index is 12.2. The van der Waals surface area contributed by atoms with Crippen LogP contribution in [0.2, 0.25) is 5.02 Å². The highest BCUT2D eigenvalue weighted by atomic mass is 35.5. The quantitative estimate of drug-likeness (QED) is 0.839. The first-order valence-electron chi connectivity index (χ1n) is 4.71. The monoisotopic (exact) mass is 280 g/mol. The molecule has 1 atom stereocenters. The summed E-state index contributed by atoms with van der Waals surface area (Å²) in [4.78, 5) is 0. The number of aromatic hydroxyl groups is 1. The lowest BCUT2D eigenvalue weighted by Gasteiger charge is -2.24. The van der Waals surface area contributed by atoms with Gasteiger partial charge in [-0.2, -0.15) is 0 Å². The Labute approximate surface area is 105 Å². The Morgan fingerprint density at radius 2 is 1.88 bits per heavy atom. The molecule has 0 radical (unpaired) electrons. The van der Waals surface area contributed by atoms with Gasteiger partial charge in [0.15, 0.2) is 5.85 Å². The van der Waals surface area contributed by atoms with Crippen molar-refractivity contribution in [1.82, 2.24) is 0 Å². The molecule has 0 aromatic heterocycles. The fraction of sp³-hybridized carbons (Fsp3) is 0.400. The Hall–Kier alpha value is -0.580. The molecule has 1 aromatic rings. The van der Waals surface area contributed by atoms with Crippen LogP contribution in [0.15, 0.2) is 18.2 Å². The second-order valence-electron chi connectivity index (χ2n) is 3.17. The van der Waals surface area contributed by atoms with Gasteiger partial charge in [-0.15, -0.1) is 0 Å². The zero-order chi connectivity index (χ0) is 13.1. The molecule has 7 heteroatoms. The van der Waals surface area contributed by atoms with Gasteiger partial charge in [0.1, 0.15) is 5.75 Å². The summed E-state index contributed by atoms with van der Waals surface area (Å²) in [5.74, 6) is -1.11. The fourth-order valence-corrected chi connectivity index (χ4v) is 3.07. The maximum Gasteiger partial charge on any atom is 0.363 e. The summed E-state index contributed by atoms with van der Waals surface area (Å²) >= 11 is 5.92. The molecule has 1 rings (SSSR count). The number of phenols is 1. The van der Waals surface area contributed by atoms with E-state index in [1.807, 2.05) is 0 Å². The number of hydrogen-bond donors (Lipinski definition) is 1. The van der Waals surface area contributed by atoms with Crippen LogP contribution < -0.4 is 0 Å². The van der Waals surface area contributed by atoms with Gasteiger partial charge in [0.25, 0.3) is 0 Å². The standard InChI is InChI=1S/C10H14ClO5P/c1-14-10(17(13,15-2)16-3)7-5-4-6-8(12)9(7)11/h4-6,10,12H,1-3H3. The molecule has 1 unspecified atom stereocenters. The summed E-state index contributed by atoms with van der Waals surface area (Å²) < 4.78 is 27.1. The first kappa shape index (κ1) is 14.5. The summed E-state index contributed by atoms with van der Waals surface area (Å²) in [7, 11) is 0.393. The molecule has 0 aliphatic rings. The van der Waals surface area contributed by atoms with Gasteiger partial charge in [-0.3, -0.25) is 4.57 Å². The van der Waals surface area contributed by atoms with E-state index in [2.05, 4.69) is 0 Å². The van der Waals surface area contributed by atoms with Crippen LogP contribution in [0.4, 0.5) is 0 Å². The molecule has 0 amide bonds. The van der Waals surface area contributed by atoms with Gasteiger partial charge in [-0.1, -0.05) is 23.7 Å². The summed E-state index contributed by atoms with van der Waals surface area (Å²) in [6.07, 6.45) is 0. The number of methoxy groups -OCH3 is 1. The Bertz CT molecular complexity index is 429. The second-order valence-corrected chi connectivity index (χ2v) is 5.83. The minimum Gasteiger partial charge on any atom is -0.506 e. The van der Waals surface area contributed by atoms with Crippen LogP contribution in [-0.2, 0) is 18.3 Å². The zero-order valence-corrected chi connectivity index (χ0v) is 11.4. The molecule has 1 aromatic carbocycles. The molecule has 0 spiro atoms. The number of hydrogen-bond acceptors (Lipinski definition) is 5. The predicted molar refractivity (Wildman–Crippen MR) is 64.5 cm³/mol. The number of rotatable bonds is 5. The van der Waals surface area contributed by atoms with Gasteiger partial charge in [0.05, 0.1) is 5.02 Å². The summed E-state index contributed by atoms with van der Waals surface area (Å²) in [6, 6.07) is 4.57. The van der Waals surface area contributed by atoms with Crippen molar-refractivity contribution in [2.75, 3.05) is 21.3 Å². The number of ether oxygens (including phenoxy) is 1. The minimum absolute atomic E-state index is 0.0636. The summed E-state index contributed by atoms with van der Waals surface area (Å²) in [5, 5.41) is 9.56. The molecule has 96 valence electrons. The Morgan fingerprint density at radius 1 is 1.29 bits per heavy atom. The van der Waals surface area contributed by atoms with Gasteiger partial charge in [0.2, 0.25) is 0 Å². The smallest absolute Gasteiger partial charge is 0.363 e. The first-order valence-corrected chi connectivity index (χ1v) is 6.70. The Kier molecular flexibility index (Phi) is 4.98. The third-order valence-corrected chi connectivity index (χ3v) is 4.79. The fourth-order valence-electron chi connectivity index (χ4n) is 1.42. The number of benzene rings is 1. The molecule has 5 nitrogen and oxygen atoms in total. The van der Waals surface area contributed by atoms with Crippen molar-refractivity contribution in [3.8, 4) is 5.75 Å². The largest absolute Gasteiger partial charge is 0.506 e. The molecule has 1 N–H and O–H groups in total. The zero-order valence-electron chi connectivity index (χ0n) is 9.71. The van der Waals surface area contributed by atoms with Crippen molar-refractivity contribution < 1.29 is 23.5 Å². The lowest BCUT2D eigenvalue weighted by atomic mass is 10.2. The predicted octanol–water partition coefficient (Wildman–Crippen LogP) is 3.18. The SMILES string of the molecule is COC(c1cccc(O)c1Cl)P(=O)(OC)OC. The topological polar surface area (TPSA) is 65.0 Å². The number of phenolic OH excluding ortho intramolecular Hbond substituents is 1. The average molecular weight is 281 g/mol. The highest BCUT2D eigenvalue weighted by Gasteiger charge is 2.37. The molecule has 0 saturated carbocycles. The molecule has 0 aliphatic carbocycles. The van der Waals surface area contributed by atoms with Gasteiger partial charge in [-0.05, 0) is 6.07 Å². The van der Waals surface area contributed by atoms with Crippen LogP contribution in [0.1, 0.15) is 11.4 Å². The molecule has 0 bridgehead atoms.